The third-order valence-corrected chi connectivity index (χ3v) is 4.67. The van der Waals surface area contributed by atoms with E-state index in [-0.39, 0.29) is 28.5 Å². The van der Waals surface area contributed by atoms with Crippen molar-refractivity contribution in [3.8, 4) is 5.69 Å². The molecule has 0 saturated heterocycles. The first-order valence-corrected chi connectivity index (χ1v) is 9.09. The maximum atomic E-state index is 13.1. The topological polar surface area (TPSA) is 92.2 Å². The number of amides is 1. The van der Waals surface area contributed by atoms with Crippen molar-refractivity contribution in [2.24, 2.45) is 0 Å². The van der Waals surface area contributed by atoms with Gasteiger partial charge in [-0.05, 0) is 37.3 Å². The fourth-order valence-corrected chi connectivity index (χ4v) is 3.21. The minimum absolute atomic E-state index is 0.0462. The van der Waals surface area contributed by atoms with E-state index in [2.05, 4.69) is 16.9 Å². The van der Waals surface area contributed by atoms with Crippen LogP contribution in [0.4, 0.5) is 0 Å². The molecule has 3 heterocycles. The number of rotatable bonds is 4. The molecule has 144 valence electrons. The molecule has 0 bridgehead atoms. The third kappa shape index (κ3) is 3.12. The lowest BCUT2D eigenvalue weighted by Gasteiger charge is -2.15. The highest BCUT2D eigenvalue weighted by molar-refractivity contribution is 5.97. The second kappa shape index (κ2) is 7.20. The Morgan fingerprint density at radius 3 is 2.72 bits per heavy atom. The van der Waals surface area contributed by atoms with Gasteiger partial charge in [0, 0.05) is 18.4 Å². The van der Waals surface area contributed by atoms with Crippen molar-refractivity contribution in [1.29, 1.82) is 5.41 Å². The smallest absolute Gasteiger partial charge is 0.267 e. The Bertz CT molecular complexity index is 1380. The first-order valence-electron chi connectivity index (χ1n) is 9.09. The van der Waals surface area contributed by atoms with Gasteiger partial charge in [-0.2, -0.15) is 0 Å². The lowest BCUT2D eigenvalue weighted by atomic mass is 10.1. The average Bonchev–Trinajstić information content (AvgIpc) is 2.73. The molecular formula is C22H19N5O2. The van der Waals surface area contributed by atoms with Crippen molar-refractivity contribution in [3.63, 3.8) is 0 Å². The fraction of sp³-hybridized carbons (Fsp3) is 0.0909. The number of fused-ring (bicyclic) bond motifs is 2. The number of carbonyl (C=O) groups excluding carboxylic acids is 1. The maximum absolute atomic E-state index is 13.1. The molecule has 0 atom stereocenters. The first-order chi connectivity index (χ1) is 14.0. The van der Waals surface area contributed by atoms with Crippen LogP contribution in [0.25, 0.3) is 22.4 Å². The third-order valence-electron chi connectivity index (χ3n) is 4.67. The Hall–Kier alpha value is -4.00. The quantitative estimate of drug-likeness (QED) is 0.417. The zero-order valence-electron chi connectivity index (χ0n) is 15.8. The minimum Gasteiger partial charge on any atom is -0.348 e. The highest BCUT2D eigenvalue weighted by atomic mass is 16.1. The van der Waals surface area contributed by atoms with Crippen molar-refractivity contribution >= 4 is 22.6 Å². The molecule has 1 amide bonds. The standard InChI is InChI=1S/C22H19N5O2/c1-3-11-24-21(28)16-13-17-20(25-18-6-4-5-12-26(18)22(17)29)27(19(16)23)15-9-7-14(2)8-10-15/h3-10,12-13,23H,1,11H2,2H3,(H,24,28). The summed E-state index contributed by atoms with van der Waals surface area (Å²) in [4.78, 5) is 30.4. The Morgan fingerprint density at radius 1 is 1.24 bits per heavy atom. The van der Waals surface area contributed by atoms with Gasteiger partial charge in [-0.1, -0.05) is 29.8 Å². The van der Waals surface area contributed by atoms with Crippen LogP contribution >= 0.6 is 0 Å². The van der Waals surface area contributed by atoms with Gasteiger partial charge in [0.05, 0.1) is 10.9 Å². The average molecular weight is 385 g/mol. The Labute approximate surface area is 166 Å². The summed E-state index contributed by atoms with van der Waals surface area (Å²) >= 11 is 0. The van der Waals surface area contributed by atoms with E-state index in [1.54, 1.807) is 30.5 Å². The van der Waals surface area contributed by atoms with Crippen molar-refractivity contribution in [2.45, 2.75) is 6.92 Å². The molecule has 0 aliphatic rings. The summed E-state index contributed by atoms with van der Waals surface area (Å²) in [5, 5.41) is 11.6. The molecule has 1 aromatic carbocycles. The zero-order chi connectivity index (χ0) is 20.5. The number of carbonyl (C=O) groups is 1. The molecule has 0 aliphatic carbocycles. The molecule has 3 aromatic heterocycles. The molecule has 29 heavy (non-hydrogen) atoms. The molecule has 4 aromatic rings. The van der Waals surface area contributed by atoms with Crippen LogP contribution < -0.4 is 16.4 Å². The monoisotopic (exact) mass is 385 g/mol. The maximum Gasteiger partial charge on any atom is 0.267 e. The van der Waals surface area contributed by atoms with Crippen LogP contribution in [0, 0.1) is 12.3 Å². The number of nitrogens with one attached hydrogen (secondary N) is 2. The van der Waals surface area contributed by atoms with Crippen molar-refractivity contribution < 1.29 is 4.79 Å². The molecule has 0 radical (unpaired) electrons. The van der Waals surface area contributed by atoms with E-state index in [0.717, 1.165) is 5.56 Å². The number of hydrogen-bond acceptors (Lipinski definition) is 4. The van der Waals surface area contributed by atoms with Crippen LogP contribution in [0.5, 0.6) is 0 Å². The minimum atomic E-state index is -0.449. The molecule has 4 rings (SSSR count). The van der Waals surface area contributed by atoms with E-state index in [9.17, 15) is 9.59 Å². The highest BCUT2D eigenvalue weighted by Gasteiger charge is 2.18. The van der Waals surface area contributed by atoms with Gasteiger partial charge in [-0.3, -0.25) is 24.0 Å². The summed E-state index contributed by atoms with van der Waals surface area (Å²) in [6, 6.07) is 14.2. The van der Waals surface area contributed by atoms with Gasteiger partial charge >= 0.3 is 0 Å². The summed E-state index contributed by atoms with van der Waals surface area (Å²) in [7, 11) is 0. The predicted molar refractivity (Wildman–Crippen MR) is 111 cm³/mol. The molecule has 0 unspecified atom stereocenters. The van der Waals surface area contributed by atoms with Crippen molar-refractivity contribution in [3.05, 3.63) is 94.4 Å². The molecule has 7 heteroatoms. The van der Waals surface area contributed by atoms with Gasteiger partial charge < -0.3 is 5.32 Å². The number of nitrogens with zero attached hydrogens (tertiary/aromatic N) is 3. The van der Waals surface area contributed by atoms with Crippen LogP contribution in [0.2, 0.25) is 0 Å². The van der Waals surface area contributed by atoms with Crippen LogP contribution in [-0.2, 0) is 0 Å². The molecular weight excluding hydrogens is 366 g/mol. The molecule has 2 N–H and O–H groups in total. The van der Waals surface area contributed by atoms with Gasteiger partial charge in [0.1, 0.15) is 11.1 Å². The Kier molecular flexibility index (Phi) is 4.56. The van der Waals surface area contributed by atoms with E-state index >= 15 is 0 Å². The van der Waals surface area contributed by atoms with E-state index in [1.165, 1.54) is 15.0 Å². The zero-order valence-corrected chi connectivity index (χ0v) is 15.8. The van der Waals surface area contributed by atoms with Crippen LogP contribution in [0.3, 0.4) is 0 Å². The predicted octanol–water partition coefficient (Wildman–Crippen LogP) is 2.34. The van der Waals surface area contributed by atoms with Gasteiger partial charge in [0.25, 0.3) is 11.5 Å². The fourth-order valence-electron chi connectivity index (χ4n) is 3.21. The lowest BCUT2D eigenvalue weighted by molar-refractivity contribution is 0.0956. The summed E-state index contributed by atoms with van der Waals surface area (Å²) in [5.41, 5.74) is 2.25. The SMILES string of the molecule is C=CCNC(=O)c1cc2c(=O)n3ccccc3nc2n(-c2ccc(C)cc2)c1=N. The van der Waals surface area contributed by atoms with Crippen LogP contribution in [0.1, 0.15) is 15.9 Å². The Morgan fingerprint density at radius 2 is 2.00 bits per heavy atom. The van der Waals surface area contributed by atoms with Gasteiger partial charge in [-0.25, -0.2) is 4.98 Å². The van der Waals surface area contributed by atoms with Gasteiger partial charge in [0.2, 0.25) is 0 Å². The summed E-state index contributed by atoms with van der Waals surface area (Å²) < 4.78 is 2.96. The second-order valence-electron chi connectivity index (χ2n) is 6.66. The number of benzene rings is 1. The van der Waals surface area contributed by atoms with Crippen LogP contribution in [0.15, 0.2) is 72.2 Å². The molecule has 0 saturated carbocycles. The number of aromatic nitrogens is 3. The number of pyridine rings is 2. The first kappa shape index (κ1) is 18.4. The highest BCUT2D eigenvalue weighted by Crippen LogP contribution is 2.16. The largest absolute Gasteiger partial charge is 0.348 e. The normalized spacial score (nSPS) is 10.9. The van der Waals surface area contributed by atoms with Gasteiger partial charge in [0.15, 0.2) is 5.65 Å². The molecule has 0 aliphatic heterocycles. The summed E-state index contributed by atoms with van der Waals surface area (Å²) in [5.74, 6) is -0.449. The van der Waals surface area contributed by atoms with Crippen LogP contribution in [-0.4, -0.2) is 26.4 Å². The number of aryl methyl sites for hydroxylation is 1. The molecule has 7 nitrogen and oxygen atoms in total. The Balaban J connectivity index is 2.14. The summed E-state index contributed by atoms with van der Waals surface area (Å²) in [6.07, 6.45) is 3.19. The van der Waals surface area contributed by atoms with E-state index in [1.807, 2.05) is 31.2 Å². The van der Waals surface area contributed by atoms with E-state index in [4.69, 9.17) is 5.41 Å². The van der Waals surface area contributed by atoms with E-state index < -0.39 is 5.91 Å². The summed E-state index contributed by atoms with van der Waals surface area (Å²) in [6.45, 7) is 5.81. The van der Waals surface area contributed by atoms with Crippen molar-refractivity contribution in [1.82, 2.24) is 19.3 Å². The van der Waals surface area contributed by atoms with Crippen molar-refractivity contribution in [2.75, 3.05) is 6.54 Å². The van der Waals surface area contributed by atoms with Gasteiger partial charge in [-0.15, -0.1) is 6.58 Å². The molecule has 0 spiro atoms. The molecule has 0 fully saturated rings. The van der Waals surface area contributed by atoms with E-state index in [0.29, 0.717) is 17.0 Å². The lowest BCUT2D eigenvalue weighted by Crippen LogP contribution is -2.34. The number of hydrogen-bond donors (Lipinski definition) is 2. The second-order valence-corrected chi connectivity index (χ2v) is 6.66.